The predicted molar refractivity (Wildman–Crippen MR) is 89.2 cm³/mol. The van der Waals surface area contributed by atoms with Gasteiger partial charge in [0.25, 0.3) is 0 Å². The number of piperidine rings is 1. The molecule has 1 aromatic rings. The third kappa shape index (κ3) is 3.30. The summed E-state index contributed by atoms with van der Waals surface area (Å²) in [5.41, 5.74) is 0. The maximum Gasteiger partial charge on any atom is 0.222 e. The smallest absolute Gasteiger partial charge is 0.222 e. The molecule has 0 saturated carbocycles. The number of carbonyl (C=O) groups is 1. The number of hydrogen-bond acceptors (Lipinski definition) is 5. The molecule has 126 valence electrons. The Morgan fingerprint density at radius 2 is 2.09 bits per heavy atom. The van der Waals surface area contributed by atoms with Crippen molar-refractivity contribution in [3.63, 3.8) is 0 Å². The zero-order valence-corrected chi connectivity index (χ0v) is 14.3. The van der Waals surface area contributed by atoms with Crippen molar-refractivity contribution in [3.05, 3.63) is 16.6 Å². The van der Waals surface area contributed by atoms with Crippen LogP contribution in [0.5, 0.6) is 0 Å². The first-order valence-corrected chi connectivity index (χ1v) is 9.69. The van der Waals surface area contributed by atoms with Crippen LogP contribution < -0.4 is 0 Å². The molecule has 3 aliphatic heterocycles. The highest BCUT2D eigenvalue weighted by Gasteiger charge is 2.43. The molecular formula is C17H25N3O2S. The molecule has 0 aromatic carbocycles. The average molecular weight is 335 g/mol. The average Bonchev–Trinajstić information content (AvgIpc) is 3.22. The fraction of sp³-hybridized carbons (Fsp3) is 0.765. The Morgan fingerprint density at radius 1 is 1.22 bits per heavy atom. The van der Waals surface area contributed by atoms with Gasteiger partial charge in [0, 0.05) is 56.4 Å². The molecule has 23 heavy (non-hydrogen) atoms. The van der Waals surface area contributed by atoms with E-state index in [0.717, 1.165) is 58.5 Å². The molecule has 3 fully saturated rings. The van der Waals surface area contributed by atoms with Crippen LogP contribution in [0.3, 0.4) is 0 Å². The van der Waals surface area contributed by atoms with Crippen molar-refractivity contribution in [1.82, 2.24) is 14.8 Å². The van der Waals surface area contributed by atoms with Crippen molar-refractivity contribution < 1.29 is 9.53 Å². The second-order valence-electron chi connectivity index (χ2n) is 6.96. The predicted octanol–water partition coefficient (Wildman–Crippen LogP) is 2.13. The van der Waals surface area contributed by atoms with Gasteiger partial charge in [0.15, 0.2) is 0 Å². The second-order valence-corrected chi connectivity index (χ2v) is 7.94. The van der Waals surface area contributed by atoms with Crippen LogP contribution in [0.15, 0.2) is 11.6 Å². The van der Waals surface area contributed by atoms with Crippen LogP contribution >= 0.6 is 11.3 Å². The van der Waals surface area contributed by atoms with Gasteiger partial charge in [0.05, 0.1) is 6.54 Å². The first kappa shape index (κ1) is 15.5. The van der Waals surface area contributed by atoms with Crippen molar-refractivity contribution in [2.24, 2.45) is 5.92 Å². The lowest BCUT2D eigenvalue weighted by Gasteiger charge is -2.41. The number of fused-ring (bicyclic) bond motifs is 1. The van der Waals surface area contributed by atoms with Gasteiger partial charge in [0.1, 0.15) is 5.01 Å². The molecule has 0 aliphatic carbocycles. The van der Waals surface area contributed by atoms with E-state index in [1.165, 1.54) is 5.01 Å². The second kappa shape index (κ2) is 6.87. The molecule has 3 saturated heterocycles. The van der Waals surface area contributed by atoms with Gasteiger partial charge in [-0.15, -0.1) is 11.3 Å². The number of nitrogens with zero attached hydrogens (tertiary/aromatic N) is 3. The lowest BCUT2D eigenvalue weighted by Crippen LogP contribution is -2.53. The molecule has 0 bridgehead atoms. The normalized spacial score (nSPS) is 29.9. The van der Waals surface area contributed by atoms with Crippen molar-refractivity contribution in [2.45, 2.75) is 50.7 Å². The molecule has 2 atom stereocenters. The summed E-state index contributed by atoms with van der Waals surface area (Å²) in [7, 11) is 0. The van der Waals surface area contributed by atoms with Gasteiger partial charge in [-0.3, -0.25) is 9.69 Å². The van der Waals surface area contributed by atoms with Gasteiger partial charge in [-0.05, 0) is 31.6 Å². The van der Waals surface area contributed by atoms with E-state index in [9.17, 15) is 4.79 Å². The SMILES string of the molecule is O=C1CC[C@H]2[C@H](CCN2Cc2nccs2)N1CC1CCOCC1. The van der Waals surface area contributed by atoms with Crippen molar-refractivity contribution in [1.29, 1.82) is 0 Å². The zero-order valence-electron chi connectivity index (χ0n) is 13.5. The van der Waals surface area contributed by atoms with Gasteiger partial charge in [-0.25, -0.2) is 4.98 Å². The van der Waals surface area contributed by atoms with Crippen molar-refractivity contribution >= 4 is 17.2 Å². The summed E-state index contributed by atoms with van der Waals surface area (Å²) >= 11 is 1.73. The van der Waals surface area contributed by atoms with E-state index in [1.54, 1.807) is 11.3 Å². The standard InChI is InChI=1S/C17H25N3O2S/c21-17-2-1-14-15(20(17)11-13-4-8-22-9-5-13)3-7-19(14)12-16-18-6-10-23-16/h6,10,13-15H,1-5,7-9,11-12H2/t14-,15-/m0/s1. The Hall–Kier alpha value is -0.980. The van der Waals surface area contributed by atoms with Crippen molar-refractivity contribution in [3.8, 4) is 0 Å². The molecule has 0 unspecified atom stereocenters. The summed E-state index contributed by atoms with van der Waals surface area (Å²) in [6.07, 6.45) is 6.92. The minimum absolute atomic E-state index is 0.369. The summed E-state index contributed by atoms with van der Waals surface area (Å²) in [5.74, 6) is 0.994. The van der Waals surface area contributed by atoms with Crippen LogP contribution in [0.1, 0.15) is 37.1 Å². The molecule has 0 radical (unpaired) electrons. The van der Waals surface area contributed by atoms with Crippen LogP contribution in [0.2, 0.25) is 0 Å². The zero-order chi connectivity index (χ0) is 15.6. The van der Waals surface area contributed by atoms with Crippen LogP contribution in [0, 0.1) is 5.92 Å². The lowest BCUT2D eigenvalue weighted by molar-refractivity contribution is -0.139. The van der Waals surface area contributed by atoms with Crippen LogP contribution in [-0.2, 0) is 16.1 Å². The minimum Gasteiger partial charge on any atom is -0.381 e. The van der Waals surface area contributed by atoms with Gasteiger partial charge in [0.2, 0.25) is 5.91 Å². The summed E-state index contributed by atoms with van der Waals surface area (Å²) in [6.45, 7) is 4.69. The van der Waals surface area contributed by atoms with E-state index < -0.39 is 0 Å². The third-order valence-electron chi connectivity index (χ3n) is 5.62. The topological polar surface area (TPSA) is 45.7 Å². The molecule has 1 amide bonds. The highest BCUT2D eigenvalue weighted by atomic mass is 32.1. The maximum absolute atomic E-state index is 12.5. The first-order chi connectivity index (χ1) is 11.3. The van der Waals surface area contributed by atoms with Gasteiger partial charge in [-0.2, -0.15) is 0 Å². The van der Waals surface area contributed by atoms with E-state index in [1.807, 2.05) is 11.6 Å². The fourth-order valence-electron chi connectivity index (χ4n) is 4.38. The maximum atomic E-state index is 12.5. The van der Waals surface area contributed by atoms with E-state index in [-0.39, 0.29) is 0 Å². The molecule has 1 aromatic heterocycles. The molecular weight excluding hydrogens is 310 g/mol. The quantitative estimate of drug-likeness (QED) is 0.846. The number of likely N-dealkylation sites (tertiary alicyclic amines) is 2. The lowest BCUT2D eigenvalue weighted by atomic mass is 9.92. The highest BCUT2D eigenvalue weighted by Crippen LogP contribution is 2.34. The molecule has 4 heterocycles. The molecule has 0 N–H and O–H groups in total. The van der Waals surface area contributed by atoms with E-state index in [2.05, 4.69) is 14.8 Å². The van der Waals surface area contributed by atoms with Gasteiger partial charge in [-0.1, -0.05) is 0 Å². The number of carbonyl (C=O) groups excluding carboxylic acids is 1. The monoisotopic (exact) mass is 335 g/mol. The molecule has 3 aliphatic rings. The van der Waals surface area contributed by atoms with E-state index in [0.29, 0.717) is 30.3 Å². The number of ether oxygens (including phenoxy) is 1. The summed E-state index contributed by atoms with van der Waals surface area (Å²) in [5, 5.41) is 3.24. The number of hydrogen-bond donors (Lipinski definition) is 0. The van der Waals surface area contributed by atoms with Crippen LogP contribution in [0.4, 0.5) is 0 Å². The Labute approximate surface area is 141 Å². The highest BCUT2D eigenvalue weighted by molar-refractivity contribution is 7.09. The number of rotatable bonds is 4. The van der Waals surface area contributed by atoms with Gasteiger partial charge >= 0.3 is 0 Å². The summed E-state index contributed by atoms with van der Waals surface area (Å²) in [6, 6.07) is 0.940. The number of thiazole rings is 1. The van der Waals surface area contributed by atoms with Crippen molar-refractivity contribution in [2.75, 3.05) is 26.3 Å². The fourth-order valence-corrected chi connectivity index (χ4v) is 5.02. The Kier molecular flexibility index (Phi) is 4.64. The third-order valence-corrected chi connectivity index (χ3v) is 6.38. The Balaban J connectivity index is 1.42. The summed E-state index contributed by atoms with van der Waals surface area (Å²) in [4.78, 5) is 21.7. The van der Waals surface area contributed by atoms with Crippen LogP contribution in [-0.4, -0.2) is 59.1 Å². The van der Waals surface area contributed by atoms with Crippen LogP contribution in [0.25, 0.3) is 0 Å². The Morgan fingerprint density at radius 3 is 2.87 bits per heavy atom. The minimum atomic E-state index is 0.369. The van der Waals surface area contributed by atoms with E-state index >= 15 is 0 Å². The van der Waals surface area contributed by atoms with Gasteiger partial charge < -0.3 is 9.64 Å². The molecule has 6 heteroatoms. The summed E-state index contributed by atoms with van der Waals surface area (Å²) < 4.78 is 5.46. The first-order valence-electron chi connectivity index (χ1n) is 8.81. The number of aromatic nitrogens is 1. The molecule has 5 nitrogen and oxygen atoms in total. The largest absolute Gasteiger partial charge is 0.381 e. The molecule has 4 rings (SSSR count). The Bertz CT molecular complexity index is 530. The molecule has 0 spiro atoms. The van der Waals surface area contributed by atoms with E-state index in [4.69, 9.17) is 4.74 Å². The number of amides is 1.